The molecule has 0 radical (unpaired) electrons. The first-order chi connectivity index (χ1) is 28.6. The molecule has 0 aliphatic carbocycles. The Kier molecular flexibility index (Phi) is 13.5. The van der Waals surface area contributed by atoms with Crippen molar-refractivity contribution >= 4 is 24.9 Å². The standard InChI is InChI=1S/C44H71BNO15/c1-24(2)35(46)38(49)53-27(5)30-15-11-10-12-16-31(47)41(6,7)33-20-18-25(3)43(56-33)36-39(50)54-29-22-28(52-23-29)14-13-17-32(48)42(8,9)34-21-19-26(4)44(57-34)37(40(51)55-30)59-45(58-36,60-43)61-44/h10-11,24-37,47-48H,12-23,46H2,1-9H3/q-1/b11-10+. The second-order valence-electron chi connectivity index (χ2n) is 20.5. The summed E-state index contributed by atoms with van der Waals surface area (Å²) < 4.78 is 65.5. The number of allylic oxidation sites excluding steroid dienone is 1. The predicted octanol–water partition coefficient (Wildman–Crippen LogP) is 4.50. The molecule has 7 aliphatic rings. The lowest BCUT2D eigenvalue weighted by atomic mass is 9.73. The minimum Gasteiger partial charge on any atom is -0.504 e. The third kappa shape index (κ3) is 8.83. The van der Waals surface area contributed by atoms with Gasteiger partial charge in [-0.05, 0) is 70.6 Å². The monoisotopic (exact) mass is 864 g/mol. The van der Waals surface area contributed by atoms with Crippen LogP contribution >= 0.6 is 0 Å². The summed E-state index contributed by atoms with van der Waals surface area (Å²) in [4.78, 5) is 42.7. The van der Waals surface area contributed by atoms with Gasteiger partial charge in [0.15, 0.2) is 23.8 Å². The van der Waals surface area contributed by atoms with E-state index in [1.165, 1.54) is 0 Å². The number of rotatable bonds is 4. The Hall–Kier alpha value is -2.19. The van der Waals surface area contributed by atoms with E-state index in [-0.39, 0.29) is 25.0 Å². The summed E-state index contributed by atoms with van der Waals surface area (Å²) in [6, 6.07) is -0.900. The molecular formula is C44H71BNO15-. The van der Waals surface area contributed by atoms with Crippen molar-refractivity contribution in [3.8, 4) is 0 Å². The van der Waals surface area contributed by atoms with Crippen molar-refractivity contribution in [1.29, 1.82) is 0 Å². The average Bonchev–Trinajstić information content (AvgIpc) is 3.88. The molecule has 0 amide bonds. The zero-order valence-corrected chi connectivity index (χ0v) is 37.6. The first kappa shape index (κ1) is 46.8. The highest BCUT2D eigenvalue weighted by Crippen LogP contribution is 2.57. The molecule has 346 valence electrons. The van der Waals surface area contributed by atoms with Gasteiger partial charge in [-0.15, -0.1) is 0 Å². The molecule has 6 saturated heterocycles. The van der Waals surface area contributed by atoms with Gasteiger partial charge in [-0.1, -0.05) is 67.5 Å². The van der Waals surface area contributed by atoms with E-state index in [4.69, 9.17) is 52.8 Å². The molecule has 0 aromatic heterocycles. The van der Waals surface area contributed by atoms with E-state index in [0.717, 1.165) is 0 Å². The normalized spacial score (nSPS) is 45.6. The summed E-state index contributed by atoms with van der Waals surface area (Å²) in [5.41, 5.74) is 4.48. The molecule has 16 unspecified atom stereocenters. The van der Waals surface area contributed by atoms with Crippen LogP contribution < -0.4 is 5.73 Å². The van der Waals surface area contributed by atoms with Crippen LogP contribution in [0.3, 0.4) is 0 Å². The summed E-state index contributed by atoms with van der Waals surface area (Å²) in [5, 5.41) is 23.5. The molecule has 0 aromatic rings. The lowest BCUT2D eigenvalue weighted by Crippen LogP contribution is -2.61. The van der Waals surface area contributed by atoms with Crippen molar-refractivity contribution < 1.29 is 71.6 Å². The summed E-state index contributed by atoms with van der Waals surface area (Å²) in [6.45, 7) is 13.4. The first-order valence-electron chi connectivity index (χ1n) is 22.9. The molecule has 6 fully saturated rings. The Bertz CT molecular complexity index is 1640. The molecule has 16 atom stereocenters. The molecule has 7 rings (SSSR count). The van der Waals surface area contributed by atoms with Gasteiger partial charge in [-0.25, -0.2) is 9.59 Å². The second kappa shape index (κ2) is 17.7. The summed E-state index contributed by atoms with van der Waals surface area (Å²) in [7, 11) is 0. The van der Waals surface area contributed by atoms with E-state index in [1.54, 1.807) is 6.92 Å². The number of hydrogen-bond acceptors (Lipinski definition) is 16. The molecular weight excluding hydrogens is 793 g/mol. The molecule has 4 N–H and O–H groups in total. The van der Waals surface area contributed by atoms with Crippen LogP contribution in [0.4, 0.5) is 0 Å². The minimum atomic E-state index is -3.52. The fraction of sp³-hybridized carbons (Fsp3) is 0.886. The number of carbonyl (C=O) groups is 3. The zero-order chi connectivity index (χ0) is 44.3. The number of fused-ring (bicyclic) bond motifs is 6. The van der Waals surface area contributed by atoms with Gasteiger partial charge in [0.25, 0.3) is 0 Å². The largest absolute Gasteiger partial charge is 0.536 e. The lowest BCUT2D eigenvalue weighted by molar-refractivity contribution is -0.311. The third-order valence-corrected chi connectivity index (χ3v) is 15.1. The van der Waals surface area contributed by atoms with Gasteiger partial charge in [-0.3, -0.25) is 4.79 Å². The molecule has 61 heavy (non-hydrogen) atoms. The number of aliphatic hydroxyl groups excluding tert-OH is 2. The van der Waals surface area contributed by atoms with Gasteiger partial charge in [0, 0.05) is 35.5 Å². The van der Waals surface area contributed by atoms with Crippen LogP contribution in [0.5, 0.6) is 0 Å². The SMILES string of the molecule is CC(C)C(N)C(=O)OC(C)C1C/C=C/CCC(O)C(C)(C)C2CCC(C)C3(O2)O[B-]24OC3C(=O)OC3COC(CCCC(O)C(C)(C)C5CCC(C)C(O5)(O2)C(O4)C(=O)O1)C3. The number of hydrogen-bond donors (Lipinski definition) is 3. The Labute approximate surface area is 360 Å². The molecule has 0 aromatic carbocycles. The fourth-order valence-corrected chi connectivity index (χ4v) is 10.3. The number of nitrogens with two attached hydrogens (primary N) is 1. The van der Waals surface area contributed by atoms with Crippen LogP contribution in [0.15, 0.2) is 12.2 Å². The average molecular weight is 865 g/mol. The lowest BCUT2D eigenvalue weighted by Gasteiger charge is -2.52. The van der Waals surface area contributed by atoms with E-state index < -0.39 is 120 Å². The third-order valence-electron chi connectivity index (χ3n) is 15.1. The molecule has 7 aliphatic heterocycles. The Balaban J connectivity index is 1.35. The van der Waals surface area contributed by atoms with Gasteiger partial charge in [0.2, 0.25) is 0 Å². The highest BCUT2D eigenvalue weighted by molar-refractivity contribution is 6.56. The summed E-state index contributed by atoms with van der Waals surface area (Å²) in [6.07, 6.45) is 0.210. The quantitative estimate of drug-likeness (QED) is 0.154. The van der Waals surface area contributed by atoms with E-state index in [9.17, 15) is 24.6 Å². The minimum absolute atomic E-state index is 0.144. The second-order valence-corrected chi connectivity index (χ2v) is 20.5. The van der Waals surface area contributed by atoms with Gasteiger partial charge in [0.1, 0.15) is 24.4 Å². The van der Waals surface area contributed by atoms with Crippen molar-refractivity contribution in [3.05, 3.63) is 12.2 Å². The Morgan fingerprint density at radius 3 is 1.92 bits per heavy atom. The van der Waals surface area contributed by atoms with Gasteiger partial charge >= 0.3 is 24.9 Å². The van der Waals surface area contributed by atoms with E-state index >= 15 is 0 Å². The fourth-order valence-electron chi connectivity index (χ4n) is 10.3. The maximum absolute atomic E-state index is 15.0. The van der Waals surface area contributed by atoms with E-state index in [2.05, 4.69) is 0 Å². The molecule has 0 saturated carbocycles. The van der Waals surface area contributed by atoms with Gasteiger partial charge in [0.05, 0.1) is 37.1 Å². The highest BCUT2D eigenvalue weighted by atomic mass is 17.0. The van der Waals surface area contributed by atoms with Crippen LogP contribution in [-0.2, 0) is 61.4 Å². The van der Waals surface area contributed by atoms with Gasteiger partial charge < -0.3 is 63.0 Å². The maximum atomic E-state index is 15.0. The number of ether oxygens (including phenoxy) is 6. The van der Waals surface area contributed by atoms with Crippen molar-refractivity contribution in [2.75, 3.05) is 6.61 Å². The maximum Gasteiger partial charge on any atom is 0.536 e. The number of aliphatic hydroxyl groups is 2. The van der Waals surface area contributed by atoms with Crippen LogP contribution in [0.2, 0.25) is 0 Å². The molecule has 9 bridgehead atoms. The molecule has 7 heterocycles. The first-order valence-corrected chi connectivity index (χ1v) is 22.9. The van der Waals surface area contributed by atoms with Crippen LogP contribution in [-0.4, -0.2) is 120 Å². The zero-order valence-electron chi connectivity index (χ0n) is 37.6. The summed E-state index contributed by atoms with van der Waals surface area (Å²) >= 11 is 0. The molecule has 3 spiro atoms. The van der Waals surface area contributed by atoms with Gasteiger partial charge in [-0.2, -0.15) is 0 Å². The van der Waals surface area contributed by atoms with Crippen LogP contribution in [0, 0.1) is 28.6 Å². The van der Waals surface area contributed by atoms with Crippen molar-refractivity contribution in [1.82, 2.24) is 0 Å². The number of esters is 3. The number of carbonyl (C=O) groups excluding carboxylic acids is 3. The van der Waals surface area contributed by atoms with Crippen LogP contribution in [0.1, 0.15) is 133 Å². The Morgan fingerprint density at radius 2 is 1.34 bits per heavy atom. The van der Waals surface area contributed by atoms with Crippen molar-refractivity contribution in [2.45, 2.75) is 212 Å². The molecule has 16 nitrogen and oxygen atoms in total. The van der Waals surface area contributed by atoms with E-state index in [0.29, 0.717) is 64.2 Å². The van der Waals surface area contributed by atoms with Crippen LogP contribution in [0.25, 0.3) is 0 Å². The Morgan fingerprint density at radius 1 is 0.787 bits per heavy atom. The summed E-state index contributed by atoms with van der Waals surface area (Å²) in [5.74, 6) is -7.28. The van der Waals surface area contributed by atoms with E-state index in [1.807, 2.05) is 67.5 Å². The smallest absolute Gasteiger partial charge is 0.504 e. The highest BCUT2D eigenvalue weighted by Gasteiger charge is 2.73. The molecule has 17 heteroatoms. The van der Waals surface area contributed by atoms with Crippen molar-refractivity contribution in [2.24, 2.45) is 34.3 Å². The topological polar surface area (TPSA) is 210 Å². The van der Waals surface area contributed by atoms with Crippen molar-refractivity contribution in [3.63, 3.8) is 0 Å². The predicted molar refractivity (Wildman–Crippen MR) is 219 cm³/mol. The number of cyclic esters (lactones) is 1.